The molecule has 0 saturated heterocycles. The molecule has 2 heterocycles. The van der Waals surface area contributed by atoms with Gasteiger partial charge in [0.2, 0.25) is 0 Å². The molecule has 2 aromatic rings. The summed E-state index contributed by atoms with van der Waals surface area (Å²) in [6.07, 6.45) is 1.76. The van der Waals surface area contributed by atoms with Gasteiger partial charge in [0, 0.05) is 5.56 Å². The minimum absolute atomic E-state index is 0.0822. The number of allylic oxidation sites excluding steroid dienone is 1. The molecule has 2 aliphatic rings. The number of thioether (sulfide) groups is 1. The van der Waals surface area contributed by atoms with Crippen LogP contribution in [0.2, 0.25) is 0 Å². The number of fused-ring (bicyclic) bond motifs is 1. The van der Waals surface area contributed by atoms with Crippen LogP contribution in [0.1, 0.15) is 5.56 Å². The van der Waals surface area contributed by atoms with E-state index in [0.29, 0.717) is 17.0 Å². The van der Waals surface area contributed by atoms with Crippen molar-refractivity contribution in [2.45, 2.75) is 11.8 Å². The number of hydrogen-bond donors (Lipinski definition) is 0. The Kier molecular flexibility index (Phi) is 3.97. The summed E-state index contributed by atoms with van der Waals surface area (Å²) in [5, 5.41) is 1.32. The quantitative estimate of drug-likeness (QED) is 0.792. The average Bonchev–Trinajstić information content (AvgIpc) is 3.11. The van der Waals surface area contributed by atoms with Crippen molar-refractivity contribution in [2.75, 3.05) is 4.90 Å². The number of anilines is 1. The van der Waals surface area contributed by atoms with Gasteiger partial charge in [-0.3, -0.25) is 0 Å². The fourth-order valence-corrected chi connectivity index (χ4v) is 3.92. The number of nitrogens with zero attached hydrogens (tertiary/aromatic N) is 2. The molecular formula is C19H14FN2O2S+. The van der Waals surface area contributed by atoms with Gasteiger partial charge in [-0.1, -0.05) is 36.4 Å². The molecule has 0 bridgehead atoms. The monoisotopic (exact) mass is 353 g/mol. The minimum Gasteiger partial charge on any atom is -0.244 e. The summed E-state index contributed by atoms with van der Waals surface area (Å²) in [7, 11) is 0. The first-order chi connectivity index (χ1) is 12.2. The molecule has 0 fully saturated rings. The zero-order chi connectivity index (χ0) is 17.4. The van der Waals surface area contributed by atoms with Gasteiger partial charge in [-0.2, -0.15) is 9.37 Å². The van der Waals surface area contributed by atoms with E-state index in [0.717, 1.165) is 0 Å². The molecule has 0 saturated carbocycles. The van der Waals surface area contributed by atoms with E-state index < -0.39 is 11.3 Å². The van der Waals surface area contributed by atoms with Gasteiger partial charge >= 0.3 is 11.9 Å². The molecule has 6 heteroatoms. The van der Waals surface area contributed by atoms with Gasteiger partial charge in [-0.25, -0.2) is 9.18 Å². The van der Waals surface area contributed by atoms with Crippen LogP contribution >= 0.6 is 11.8 Å². The lowest BCUT2D eigenvalue weighted by Gasteiger charge is -2.24. The van der Waals surface area contributed by atoms with E-state index in [9.17, 15) is 14.0 Å². The van der Waals surface area contributed by atoms with Crippen LogP contribution in [0.15, 0.2) is 66.1 Å². The maximum Gasteiger partial charge on any atom is 0.506 e. The van der Waals surface area contributed by atoms with Crippen molar-refractivity contribution >= 4 is 35.1 Å². The number of rotatable bonds is 3. The minimum atomic E-state index is -0.482. The Hall–Kier alpha value is -2.73. The van der Waals surface area contributed by atoms with Crippen molar-refractivity contribution in [3.8, 4) is 0 Å². The van der Waals surface area contributed by atoms with Gasteiger partial charge < -0.3 is 0 Å². The molecule has 0 radical (unpaired) electrons. The van der Waals surface area contributed by atoms with Crippen molar-refractivity contribution in [3.63, 3.8) is 0 Å². The van der Waals surface area contributed by atoms with Gasteiger partial charge in [0.05, 0.1) is 0 Å². The number of halogens is 1. The average molecular weight is 353 g/mol. The largest absolute Gasteiger partial charge is 0.506 e. The highest BCUT2D eigenvalue weighted by atomic mass is 32.2. The van der Waals surface area contributed by atoms with Crippen molar-refractivity contribution in [1.29, 1.82) is 0 Å². The summed E-state index contributed by atoms with van der Waals surface area (Å²) in [6.45, 7) is 0.0822. The van der Waals surface area contributed by atoms with Gasteiger partial charge in [0.15, 0.2) is 5.25 Å². The second-order valence-corrected chi connectivity index (χ2v) is 6.73. The number of carbonyl (C=O) groups is 2. The van der Waals surface area contributed by atoms with Gasteiger partial charge in [-0.15, -0.1) is 16.7 Å². The van der Waals surface area contributed by atoms with E-state index in [-0.39, 0.29) is 18.3 Å². The molecular weight excluding hydrogens is 339 g/mol. The van der Waals surface area contributed by atoms with E-state index in [4.69, 9.17) is 0 Å². The lowest BCUT2D eigenvalue weighted by Crippen LogP contribution is -2.55. The fraction of sp³-hybridized carbons (Fsp3) is 0.105. The molecule has 1 unspecified atom stereocenters. The first-order valence-corrected chi connectivity index (χ1v) is 8.74. The molecule has 2 aliphatic heterocycles. The third-order valence-corrected chi connectivity index (χ3v) is 5.21. The SMILES string of the molecule is O=C1C2SC=CC2=[N+](Cc2ccccc2F)C(=O)N1c1ccccc1. The van der Waals surface area contributed by atoms with Crippen molar-refractivity contribution in [1.82, 2.24) is 0 Å². The predicted octanol–water partition coefficient (Wildman–Crippen LogP) is 3.58. The fourth-order valence-electron chi connectivity index (χ4n) is 2.97. The van der Waals surface area contributed by atoms with Crippen molar-refractivity contribution < 1.29 is 18.6 Å². The molecule has 0 aromatic heterocycles. The Labute approximate surface area is 148 Å². The Bertz CT molecular complexity index is 924. The molecule has 2 aromatic carbocycles. The first-order valence-electron chi connectivity index (χ1n) is 7.79. The van der Waals surface area contributed by atoms with E-state index in [1.165, 1.54) is 27.3 Å². The highest BCUT2D eigenvalue weighted by Gasteiger charge is 2.50. The molecule has 0 aliphatic carbocycles. The molecule has 4 nitrogen and oxygen atoms in total. The summed E-state index contributed by atoms with van der Waals surface area (Å²) in [5.74, 6) is -0.642. The standard InChI is InChI=1S/C19H14FN2O2S/c20-15-9-5-4-6-13(15)12-21-16-10-11-25-17(16)18(23)22(19(21)24)14-7-2-1-3-8-14/h1-11,17H,12H2/q+1. The third-order valence-electron chi connectivity index (χ3n) is 4.20. The van der Waals surface area contributed by atoms with Crippen LogP contribution in [0.3, 0.4) is 0 Å². The van der Waals surface area contributed by atoms with Crippen LogP contribution < -0.4 is 4.90 Å². The Morgan fingerprint density at radius 2 is 1.76 bits per heavy atom. The highest BCUT2D eigenvalue weighted by molar-refractivity contribution is 8.04. The molecule has 124 valence electrons. The Morgan fingerprint density at radius 3 is 2.52 bits per heavy atom. The topological polar surface area (TPSA) is 40.4 Å². The summed E-state index contributed by atoms with van der Waals surface area (Å²) < 4.78 is 15.5. The lowest BCUT2D eigenvalue weighted by molar-refractivity contribution is -0.444. The zero-order valence-electron chi connectivity index (χ0n) is 13.1. The second-order valence-electron chi connectivity index (χ2n) is 5.71. The smallest absolute Gasteiger partial charge is 0.244 e. The lowest BCUT2D eigenvalue weighted by atomic mass is 10.1. The molecule has 3 amide bonds. The van der Waals surface area contributed by atoms with Crippen LogP contribution in [0.25, 0.3) is 0 Å². The number of benzene rings is 2. The van der Waals surface area contributed by atoms with E-state index in [2.05, 4.69) is 0 Å². The Morgan fingerprint density at radius 1 is 1.04 bits per heavy atom. The summed E-state index contributed by atoms with van der Waals surface area (Å²) in [4.78, 5) is 27.0. The second kappa shape index (κ2) is 6.29. The normalized spacial score (nSPS) is 19.6. The molecule has 1 atom stereocenters. The van der Waals surface area contributed by atoms with Gasteiger partial charge in [-0.05, 0) is 29.7 Å². The van der Waals surface area contributed by atoms with Gasteiger partial charge in [0.1, 0.15) is 23.8 Å². The maximum atomic E-state index is 14.1. The first kappa shape index (κ1) is 15.8. The highest BCUT2D eigenvalue weighted by Crippen LogP contribution is 2.31. The van der Waals surface area contributed by atoms with Crippen LogP contribution in [-0.4, -0.2) is 27.5 Å². The van der Waals surface area contributed by atoms with Crippen LogP contribution in [0.4, 0.5) is 14.9 Å². The molecule has 0 N–H and O–H groups in total. The van der Waals surface area contributed by atoms with E-state index >= 15 is 0 Å². The number of amides is 3. The van der Waals surface area contributed by atoms with Gasteiger partial charge in [0.25, 0.3) is 0 Å². The number of hydrogen-bond acceptors (Lipinski definition) is 3. The van der Waals surface area contributed by atoms with E-state index in [1.54, 1.807) is 53.9 Å². The van der Waals surface area contributed by atoms with Crippen LogP contribution in [-0.2, 0) is 11.3 Å². The molecule has 0 spiro atoms. The predicted molar refractivity (Wildman–Crippen MR) is 95.2 cm³/mol. The van der Waals surface area contributed by atoms with E-state index in [1.807, 2.05) is 6.07 Å². The number of urea groups is 1. The number of carbonyl (C=O) groups excluding carboxylic acids is 2. The van der Waals surface area contributed by atoms with Crippen molar-refractivity contribution in [2.24, 2.45) is 0 Å². The summed E-state index contributed by atoms with van der Waals surface area (Å²) in [5.41, 5.74) is 1.53. The van der Waals surface area contributed by atoms with Crippen LogP contribution in [0.5, 0.6) is 0 Å². The maximum absolute atomic E-state index is 14.1. The number of imide groups is 1. The molecule has 4 rings (SSSR count). The zero-order valence-corrected chi connectivity index (χ0v) is 13.9. The Balaban J connectivity index is 1.79. The third kappa shape index (κ3) is 2.68. The number of para-hydroxylation sites is 1. The molecule has 25 heavy (non-hydrogen) atoms. The summed E-state index contributed by atoms with van der Waals surface area (Å²) >= 11 is 1.36. The summed E-state index contributed by atoms with van der Waals surface area (Å²) in [6, 6.07) is 14.7. The van der Waals surface area contributed by atoms with Crippen LogP contribution in [0, 0.1) is 5.82 Å². The van der Waals surface area contributed by atoms with Crippen molar-refractivity contribution in [3.05, 3.63) is 77.5 Å².